The van der Waals surface area contributed by atoms with Crippen molar-refractivity contribution in [2.45, 2.75) is 36.2 Å². The van der Waals surface area contributed by atoms with E-state index in [0.29, 0.717) is 16.6 Å². The second kappa shape index (κ2) is 7.60. The summed E-state index contributed by atoms with van der Waals surface area (Å²) in [6, 6.07) is 14.3. The molecule has 28 heavy (non-hydrogen) atoms. The molecular weight excluding hydrogens is 387 g/mol. The van der Waals surface area contributed by atoms with Gasteiger partial charge in [0, 0.05) is 11.7 Å². The molecule has 1 heterocycles. The number of thioether (sulfide) groups is 1. The van der Waals surface area contributed by atoms with Crippen LogP contribution in [-0.4, -0.2) is 25.6 Å². The topological polar surface area (TPSA) is 50.9 Å². The van der Waals surface area contributed by atoms with Crippen LogP contribution in [0.3, 0.4) is 0 Å². The maximum atomic E-state index is 12.7. The van der Waals surface area contributed by atoms with E-state index in [1.807, 2.05) is 35.0 Å². The quantitative estimate of drug-likeness (QED) is 0.587. The van der Waals surface area contributed by atoms with Gasteiger partial charge >= 0.3 is 6.18 Å². The Bertz CT molecular complexity index is 938. The van der Waals surface area contributed by atoms with Crippen molar-refractivity contribution in [3.05, 3.63) is 71.5 Å². The van der Waals surface area contributed by atoms with E-state index in [9.17, 15) is 18.3 Å². The molecule has 1 aliphatic rings. The molecule has 146 valence electrons. The van der Waals surface area contributed by atoms with E-state index in [2.05, 4.69) is 10.1 Å². The molecular formula is C20H18F3N3OS. The zero-order valence-electron chi connectivity index (χ0n) is 14.8. The van der Waals surface area contributed by atoms with Crippen molar-refractivity contribution in [3.63, 3.8) is 0 Å². The summed E-state index contributed by atoms with van der Waals surface area (Å²) in [6.07, 6.45) is -3.11. The van der Waals surface area contributed by atoms with Crippen LogP contribution in [0.1, 0.15) is 41.8 Å². The Labute approximate surface area is 164 Å². The predicted octanol–water partition coefficient (Wildman–Crippen LogP) is 4.99. The van der Waals surface area contributed by atoms with Gasteiger partial charge in [-0.2, -0.15) is 13.2 Å². The minimum Gasteiger partial charge on any atom is -0.388 e. The SMILES string of the molecule is OC(CSc1nc(C2CC2)n(-c2ccccc2)n1)c1ccc(C(F)(F)F)cc1. The van der Waals surface area contributed by atoms with Gasteiger partial charge in [-0.3, -0.25) is 0 Å². The molecule has 0 saturated heterocycles. The summed E-state index contributed by atoms with van der Waals surface area (Å²) < 4.78 is 39.8. The maximum Gasteiger partial charge on any atom is 0.416 e. The molecule has 2 aromatic carbocycles. The van der Waals surface area contributed by atoms with E-state index in [-0.39, 0.29) is 5.75 Å². The van der Waals surface area contributed by atoms with Gasteiger partial charge in [0.1, 0.15) is 5.82 Å². The Kier molecular flexibility index (Phi) is 5.16. The zero-order chi connectivity index (χ0) is 19.7. The normalized spacial score (nSPS) is 15.6. The molecule has 1 fully saturated rings. The second-order valence-corrected chi connectivity index (χ2v) is 7.71. The Morgan fingerprint density at radius 1 is 1.07 bits per heavy atom. The number of para-hydroxylation sites is 1. The summed E-state index contributed by atoms with van der Waals surface area (Å²) in [6.45, 7) is 0. The lowest BCUT2D eigenvalue weighted by molar-refractivity contribution is -0.137. The van der Waals surface area contributed by atoms with Crippen molar-refractivity contribution in [2.75, 3.05) is 5.75 Å². The Morgan fingerprint density at radius 3 is 2.36 bits per heavy atom. The average Bonchev–Trinajstić information content (AvgIpc) is 3.45. The first-order chi connectivity index (χ1) is 13.4. The van der Waals surface area contributed by atoms with Crippen molar-refractivity contribution >= 4 is 11.8 Å². The van der Waals surface area contributed by atoms with Crippen molar-refractivity contribution in [1.29, 1.82) is 0 Å². The number of aromatic nitrogens is 3. The lowest BCUT2D eigenvalue weighted by Gasteiger charge is -2.11. The third-order valence-electron chi connectivity index (χ3n) is 4.55. The number of benzene rings is 2. The Balaban J connectivity index is 1.46. The zero-order valence-corrected chi connectivity index (χ0v) is 15.6. The summed E-state index contributed by atoms with van der Waals surface area (Å²) in [5.74, 6) is 1.58. The fourth-order valence-electron chi connectivity index (χ4n) is 2.87. The highest BCUT2D eigenvalue weighted by atomic mass is 32.2. The minimum absolute atomic E-state index is 0.258. The summed E-state index contributed by atoms with van der Waals surface area (Å²) in [5.41, 5.74) is 0.644. The Hall–Kier alpha value is -2.32. The number of aliphatic hydroxyl groups is 1. The molecule has 1 unspecified atom stereocenters. The maximum absolute atomic E-state index is 12.7. The van der Waals surface area contributed by atoms with Gasteiger partial charge in [0.15, 0.2) is 0 Å². The van der Waals surface area contributed by atoms with Gasteiger partial charge in [-0.15, -0.1) is 5.10 Å². The summed E-state index contributed by atoms with van der Waals surface area (Å²) >= 11 is 1.29. The van der Waals surface area contributed by atoms with E-state index in [0.717, 1.165) is 36.5 Å². The van der Waals surface area contributed by atoms with E-state index < -0.39 is 17.8 Å². The van der Waals surface area contributed by atoms with Gasteiger partial charge in [0.2, 0.25) is 5.16 Å². The molecule has 0 spiro atoms. The molecule has 0 radical (unpaired) electrons. The molecule has 0 amide bonds. The highest BCUT2D eigenvalue weighted by Gasteiger charge is 2.31. The molecule has 1 atom stereocenters. The van der Waals surface area contributed by atoms with Crippen LogP contribution in [0.4, 0.5) is 13.2 Å². The molecule has 8 heteroatoms. The minimum atomic E-state index is -4.38. The summed E-state index contributed by atoms with van der Waals surface area (Å²) in [5, 5.41) is 15.4. The van der Waals surface area contributed by atoms with Crippen LogP contribution < -0.4 is 0 Å². The largest absolute Gasteiger partial charge is 0.416 e. The van der Waals surface area contributed by atoms with Gasteiger partial charge < -0.3 is 5.11 Å². The van der Waals surface area contributed by atoms with Crippen LogP contribution in [0.2, 0.25) is 0 Å². The lowest BCUT2D eigenvalue weighted by Crippen LogP contribution is -2.06. The van der Waals surface area contributed by atoms with Crippen LogP contribution in [0, 0.1) is 0 Å². The summed E-state index contributed by atoms with van der Waals surface area (Å²) in [7, 11) is 0. The first-order valence-corrected chi connectivity index (χ1v) is 9.91. The van der Waals surface area contributed by atoms with E-state index in [4.69, 9.17) is 0 Å². The van der Waals surface area contributed by atoms with Crippen molar-refractivity contribution in [3.8, 4) is 5.69 Å². The third kappa shape index (κ3) is 4.23. The average molecular weight is 405 g/mol. The van der Waals surface area contributed by atoms with E-state index in [1.165, 1.54) is 23.9 Å². The molecule has 4 rings (SSSR count). The van der Waals surface area contributed by atoms with Crippen LogP contribution in [0.15, 0.2) is 59.8 Å². The number of rotatable bonds is 6. The van der Waals surface area contributed by atoms with Gasteiger partial charge in [0.25, 0.3) is 0 Å². The van der Waals surface area contributed by atoms with Gasteiger partial charge in [0.05, 0.1) is 17.4 Å². The van der Waals surface area contributed by atoms with Crippen molar-refractivity contribution in [2.24, 2.45) is 0 Å². The second-order valence-electron chi connectivity index (χ2n) is 6.72. The number of aliphatic hydroxyl groups excluding tert-OH is 1. The molecule has 1 aliphatic carbocycles. The third-order valence-corrected chi connectivity index (χ3v) is 5.46. The summed E-state index contributed by atoms with van der Waals surface area (Å²) in [4.78, 5) is 4.62. The lowest BCUT2D eigenvalue weighted by atomic mass is 10.1. The number of hydrogen-bond acceptors (Lipinski definition) is 4. The monoisotopic (exact) mass is 405 g/mol. The van der Waals surface area contributed by atoms with Crippen molar-refractivity contribution < 1.29 is 18.3 Å². The molecule has 3 aromatic rings. The molecule has 1 aromatic heterocycles. The van der Waals surface area contributed by atoms with Gasteiger partial charge in [-0.1, -0.05) is 42.1 Å². The fraction of sp³-hybridized carbons (Fsp3) is 0.300. The molecule has 4 nitrogen and oxygen atoms in total. The van der Waals surface area contributed by atoms with E-state index >= 15 is 0 Å². The number of halogens is 3. The van der Waals surface area contributed by atoms with Gasteiger partial charge in [-0.25, -0.2) is 9.67 Å². The van der Waals surface area contributed by atoms with Gasteiger partial charge in [-0.05, 0) is 42.7 Å². The predicted molar refractivity (Wildman–Crippen MR) is 100 cm³/mol. The molecule has 0 bridgehead atoms. The smallest absolute Gasteiger partial charge is 0.388 e. The standard InChI is InChI=1S/C20H18F3N3OS/c21-20(22,23)15-10-8-13(9-11-15)17(27)12-28-19-24-18(14-6-7-14)26(25-19)16-4-2-1-3-5-16/h1-5,8-11,14,17,27H,6-7,12H2. The molecule has 1 N–H and O–H groups in total. The Morgan fingerprint density at radius 2 is 1.75 bits per heavy atom. The molecule has 0 aliphatic heterocycles. The first kappa shape index (κ1) is 19.0. The van der Waals surface area contributed by atoms with Crippen LogP contribution in [-0.2, 0) is 6.18 Å². The van der Waals surface area contributed by atoms with Crippen LogP contribution >= 0.6 is 11.8 Å². The van der Waals surface area contributed by atoms with Crippen LogP contribution in [0.5, 0.6) is 0 Å². The number of hydrogen-bond donors (Lipinski definition) is 1. The van der Waals surface area contributed by atoms with E-state index in [1.54, 1.807) is 0 Å². The molecule has 1 saturated carbocycles. The van der Waals surface area contributed by atoms with Crippen LogP contribution in [0.25, 0.3) is 5.69 Å². The number of alkyl halides is 3. The first-order valence-electron chi connectivity index (χ1n) is 8.92. The highest BCUT2D eigenvalue weighted by molar-refractivity contribution is 7.99. The van der Waals surface area contributed by atoms with Crippen molar-refractivity contribution in [1.82, 2.24) is 14.8 Å². The number of nitrogens with zero attached hydrogens (tertiary/aromatic N) is 3. The highest BCUT2D eigenvalue weighted by Crippen LogP contribution is 2.40. The fourth-order valence-corrected chi connectivity index (χ4v) is 3.67.